The largest absolute Gasteiger partial charge is 0.352 e. The van der Waals surface area contributed by atoms with Crippen LogP contribution in [0.25, 0.3) is 0 Å². The Kier molecular flexibility index (Phi) is 5.83. The molecule has 1 aromatic carbocycles. The lowest BCUT2D eigenvalue weighted by atomic mass is 10.2. The number of hydrogen-bond donors (Lipinski definition) is 2. The van der Waals surface area contributed by atoms with Crippen molar-refractivity contribution < 1.29 is 9.59 Å². The fourth-order valence-corrected chi connectivity index (χ4v) is 3.23. The van der Waals surface area contributed by atoms with E-state index in [1.165, 1.54) is 6.07 Å². The second kappa shape index (κ2) is 7.63. The third-order valence-electron chi connectivity index (χ3n) is 2.82. The van der Waals surface area contributed by atoms with Crippen LogP contribution in [0.3, 0.4) is 0 Å². The lowest BCUT2D eigenvalue weighted by Gasteiger charge is -2.07. The van der Waals surface area contributed by atoms with Crippen molar-refractivity contribution in [2.75, 3.05) is 11.9 Å². The molecule has 0 radical (unpaired) electrons. The van der Waals surface area contributed by atoms with Gasteiger partial charge >= 0.3 is 0 Å². The molecule has 2 aromatic rings. The average Bonchev–Trinajstić information content (AvgIpc) is 2.84. The summed E-state index contributed by atoms with van der Waals surface area (Å²) in [5.41, 5.74) is 1.32. The molecule has 7 heteroatoms. The highest BCUT2D eigenvalue weighted by atomic mass is 35.5. The molecule has 0 spiro atoms. The van der Waals surface area contributed by atoms with Gasteiger partial charge in [0.15, 0.2) is 0 Å². The average molecular weight is 357 g/mol. The zero-order valence-corrected chi connectivity index (χ0v) is 14.1. The maximum atomic E-state index is 12.2. The number of hydrogen-bond acceptors (Lipinski definition) is 3. The third-order valence-corrected chi connectivity index (χ3v) is 4.31. The van der Waals surface area contributed by atoms with Crippen LogP contribution < -0.4 is 10.6 Å². The van der Waals surface area contributed by atoms with Crippen molar-refractivity contribution in [1.82, 2.24) is 5.32 Å². The van der Waals surface area contributed by atoms with Crippen LogP contribution in [-0.2, 0) is 0 Å². The second-order valence-electron chi connectivity index (χ2n) is 4.53. The van der Waals surface area contributed by atoms with E-state index in [0.717, 1.165) is 17.8 Å². The highest BCUT2D eigenvalue weighted by Crippen LogP contribution is 2.31. The summed E-state index contributed by atoms with van der Waals surface area (Å²) in [4.78, 5) is 24.1. The molecule has 0 aliphatic heterocycles. The second-order valence-corrected chi connectivity index (χ2v) is 6.81. The number of nitrogens with one attached hydrogen (secondary N) is 2. The summed E-state index contributed by atoms with van der Waals surface area (Å²) in [6.45, 7) is 2.59. The fourth-order valence-electron chi connectivity index (χ4n) is 1.77. The zero-order valence-electron chi connectivity index (χ0n) is 11.8. The molecule has 0 aliphatic rings. The quantitative estimate of drug-likeness (QED) is 0.831. The third kappa shape index (κ3) is 4.22. The maximum Gasteiger partial charge on any atom is 0.258 e. The molecule has 0 unspecified atom stereocenters. The van der Waals surface area contributed by atoms with Crippen LogP contribution in [0.5, 0.6) is 0 Å². The van der Waals surface area contributed by atoms with Crippen molar-refractivity contribution in [3.63, 3.8) is 0 Å². The molecule has 0 atom stereocenters. The Morgan fingerprint density at radius 2 is 1.95 bits per heavy atom. The number of amides is 2. The van der Waals surface area contributed by atoms with Gasteiger partial charge in [0.1, 0.15) is 4.34 Å². The van der Waals surface area contributed by atoms with Gasteiger partial charge in [-0.05, 0) is 30.7 Å². The number of halogens is 2. The highest BCUT2D eigenvalue weighted by molar-refractivity contribution is 7.20. The standard InChI is InChI=1S/C15H14Cl2N2O2S/c1-2-6-18-14(20)9-4-3-5-10(7-9)19-15(21)11-8-12(16)22-13(11)17/h3-5,7-8H,2,6H2,1H3,(H,18,20)(H,19,21). The van der Waals surface area contributed by atoms with E-state index in [4.69, 9.17) is 23.2 Å². The predicted octanol–water partition coefficient (Wildman–Crippen LogP) is 4.45. The lowest BCUT2D eigenvalue weighted by molar-refractivity contribution is 0.0952. The van der Waals surface area contributed by atoms with Gasteiger partial charge in [-0.15, -0.1) is 11.3 Å². The summed E-state index contributed by atoms with van der Waals surface area (Å²) >= 11 is 12.9. The first-order chi connectivity index (χ1) is 10.5. The smallest absolute Gasteiger partial charge is 0.258 e. The number of benzene rings is 1. The van der Waals surface area contributed by atoms with Crippen molar-refractivity contribution in [1.29, 1.82) is 0 Å². The van der Waals surface area contributed by atoms with Gasteiger partial charge in [-0.25, -0.2) is 0 Å². The first-order valence-electron chi connectivity index (χ1n) is 6.65. The summed E-state index contributed by atoms with van der Waals surface area (Å²) in [7, 11) is 0. The Labute approximate surface area is 142 Å². The maximum absolute atomic E-state index is 12.2. The molecular formula is C15H14Cl2N2O2S. The molecule has 1 aromatic heterocycles. The van der Waals surface area contributed by atoms with Gasteiger partial charge in [-0.3, -0.25) is 9.59 Å². The van der Waals surface area contributed by atoms with Crippen LogP contribution in [0.4, 0.5) is 5.69 Å². The number of carbonyl (C=O) groups is 2. The molecule has 0 fully saturated rings. The van der Waals surface area contributed by atoms with Gasteiger partial charge in [0.05, 0.1) is 9.90 Å². The molecule has 4 nitrogen and oxygen atoms in total. The molecule has 22 heavy (non-hydrogen) atoms. The molecular weight excluding hydrogens is 343 g/mol. The Balaban J connectivity index is 2.11. The fraction of sp³-hybridized carbons (Fsp3) is 0.200. The van der Waals surface area contributed by atoms with E-state index in [0.29, 0.717) is 32.0 Å². The summed E-state index contributed by atoms with van der Waals surface area (Å²) in [5.74, 6) is -0.533. The highest BCUT2D eigenvalue weighted by Gasteiger charge is 2.15. The Bertz CT molecular complexity index is 701. The van der Waals surface area contributed by atoms with Crippen molar-refractivity contribution in [3.05, 3.63) is 50.1 Å². The number of anilines is 1. The summed E-state index contributed by atoms with van der Waals surface area (Å²) < 4.78 is 0.780. The van der Waals surface area contributed by atoms with Gasteiger partial charge in [0, 0.05) is 17.8 Å². The van der Waals surface area contributed by atoms with Crippen LogP contribution in [0, 0.1) is 0 Å². The predicted molar refractivity (Wildman–Crippen MR) is 91.4 cm³/mol. The summed E-state index contributed by atoms with van der Waals surface area (Å²) in [6, 6.07) is 8.23. The zero-order chi connectivity index (χ0) is 16.1. The molecule has 2 rings (SSSR count). The van der Waals surface area contributed by atoms with E-state index in [1.54, 1.807) is 24.3 Å². The van der Waals surface area contributed by atoms with Crippen LogP contribution in [0.2, 0.25) is 8.67 Å². The van der Waals surface area contributed by atoms with Crippen molar-refractivity contribution >= 4 is 52.0 Å². The van der Waals surface area contributed by atoms with E-state index in [9.17, 15) is 9.59 Å². The monoisotopic (exact) mass is 356 g/mol. The Morgan fingerprint density at radius 1 is 1.18 bits per heavy atom. The molecule has 2 N–H and O–H groups in total. The van der Waals surface area contributed by atoms with Crippen molar-refractivity contribution in [3.8, 4) is 0 Å². The first-order valence-corrected chi connectivity index (χ1v) is 8.23. The van der Waals surface area contributed by atoms with E-state index in [-0.39, 0.29) is 11.8 Å². The topological polar surface area (TPSA) is 58.2 Å². The van der Waals surface area contributed by atoms with Crippen molar-refractivity contribution in [2.24, 2.45) is 0 Å². The molecule has 1 heterocycles. The lowest BCUT2D eigenvalue weighted by Crippen LogP contribution is -2.24. The van der Waals surface area contributed by atoms with Gasteiger partial charge in [-0.1, -0.05) is 36.2 Å². The van der Waals surface area contributed by atoms with Crippen LogP contribution in [-0.4, -0.2) is 18.4 Å². The summed E-state index contributed by atoms with van der Waals surface area (Å²) in [5, 5.41) is 5.49. The van der Waals surface area contributed by atoms with Crippen LogP contribution in [0.1, 0.15) is 34.1 Å². The minimum Gasteiger partial charge on any atom is -0.352 e. The minimum absolute atomic E-state index is 0.172. The molecule has 0 saturated carbocycles. The van der Waals surface area contributed by atoms with E-state index < -0.39 is 0 Å². The van der Waals surface area contributed by atoms with Crippen LogP contribution >= 0.6 is 34.5 Å². The number of rotatable bonds is 5. The van der Waals surface area contributed by atoms with Gasteiger partial charge in [0.2, 0.25) is 0 Å². The minimum atomic E-state index is -0.362. The molecule has 2 amide bonds. The van der Waals surface area contributed by atoms with Gasteiger partial charge in [0.25, 0.3) is 11.8 Å². The first kappa shape index (κ1) is 16.8. The summed E-state index contributed by atoms with van der Waals surface area (Å²) in [6.07, 6.45) is 0.861. The van der Waals surface area contributed by atoms with E-state index in [2.05, 4.69) is 10.6 Å². The van der Waals surface area contributed by atoms with Crippen molar-refractivity contribution in [2.45, 2.75) is 13.3 Å². The molecule has 0 aliphatic carbocycles. The number of carbonyl (C=O) groups excluding carboxylic acids is 2. The van der Waals surface area contributed by atoms with Gasteiger partial charge < -0.3 is 10.6 Å². The molecule has 0 saturated heterocycles. The normalized spacial score (nSPS) is 10.3. The number of thiophene rings is 1. The Hall–Kier alpha value is -1.56. The molecule has 0 bridgehead atoms. The molecule has 116 valence electrons. The van der Waals surface area contributed by atoms with Gasteiger partial charge in [-0.2, -0.15) is 0 Å². The van der Waals surface area contributed by atoms with Crippen LogP contribution in [0.15, 0.2) is 30.3 Å². The Morgan fingerprint density at radius 3 is 2.59 bits per heavy atom. The van der Waals surface area contributed by atoms with E-state index in [1.807, 2.05) is 6.92 Å². The van der Waals surface area contributed by atoms with E-state index >= 15 is 0 Å². The SMILES string of the molecule is CCCNC(=O)c1cccc(NC(=O)c2cc(Cl)sc2Cl)c1.